The lowest BCUT2D eigenvalue weighted by Crippen LogP contribution is -2.25. The van der Waals surface area contributed by atoms with Crippen LogP contribution in [0.5, 0.6) is 5.75 Å². The van der Waals surface area contributed by atoms with E-state index in [2.05, 4.69) is 4.72 Å². The molecule has 1 aliphatic heterocycles. The summed E-state index contributed by atoms with van der Waals surface area (Å²) in [5, 5.41) is 0. The molecule has 1 saturated heterocycles. The van der Waals surface area contributed by atoms with Crippen LogP contribution < -0.4 is 14.4 Å². The highest BCUT2D eigenvalue weighted by Gasteiger charge is 2.27. The molecule has 1 amide bonds. The minimum absolute atomic E-state index is 0.0197. The van der Waals surface area contributed by atoms with Crippen molar-refractivity contribution in [2.24, 2.45) is 0 Å². The Hall–Kier alpha value is -2.74. The van der Waals surface area contributed by atoms with Gasteiger partial charge >= 0.3 is 6.09 Å². The number of amides is 1. The van der Waals surface area contributed by atoms with E-state index in [-0.39, 0.29) is 17.3 Å². The predicted molar refractivity (Wildman–Crippen MR) is 88.9 cm³/mol. The van der Waals surface area contributed by atoms with Gasteiger partial charge in [-0.15, -0.1) is 0 Å². The summed E-state index contributed by atoms with van der Waals surface area (Å²) in [5.41, 5.74) is 0.737. The molecule has 126 valence electrons. The molecule has 8 heteroatoms. The molecule has 1 heterocycles. The van der Waals surface area contributed by atoms with Crippen LogP contribution in [-0.2, 0) is 14.8 Å². The number of hydrogen-bond donors (Lipinski definition) is 1. The molecule has 2 aromatic rings. The van der Waals surface area contributed by atoms with Crippen LogP contribution in [0.2, 0.25) is 0 Å². The molecule has 1 aliphatic rings. The molecule has 0 aliphatic carbocycles. The first-order valence-corrected chi connectivity index (χ1v) is 8.70. The summed E-state index contributed by atoms with van der Waals surface area (Å²) < 4.78 is 38.0. The van der Waals surface area contributed by atoms with E-state index in [0.717, 1.165) is 0 Å². The summed E-state index contributed by atoms with van der Waals surface area (Å²) in [6.45, 7) is 0.638. The lowest BCUT2D eigenvalue weighted by Gasteiger charge is -2.18. The minimum Gasteiger partial charge on any atom is -0.495 e. The number of ether oxygens (including phenoxy) is 2. The Bertz CT molecular complexity index is 866. The van der Waals surface area contributed by atoms with Gasteiger partial charge in [0.05, 0.1) is 25.0 Å². The zero-order valence-corrected chi connectivity index (χ0v) is 13.7. The number of cyclic esters (lactones) is 1. The normalized spacial score (nSPS) is 14.4. The van der Waals surface area contributed by atoms with Gasteiger partial charge in [-0.3, -0.25) is 9.62 Å². The Labute approximate surface area is 139 Å². The predicted octanol–water partition coefficient (Wildman–Crippen LogP) is 2.45. The second-order valence-corrected chi connectivity index (χ2v) is 6.69. The molecule has 7 nitrogen and oxygen atoms in total. The van der Waals surface area contributed by atoms with Gasteiger partial charge in [-0.2, -0.15) is 0 Å². The van der Waals surface area contributed by atoms with Crippen LogP contribution in [0, 0.1) is 0 Å². The maximum absolute atomic E-state index is 12.7. The highest BCUT2D eigenvalue weighted by Crippen LogP contribution is 2.31. The number of carbonyl (C=O) groups is 1. The molecule has 3 rings (SSSR count). The number of benzene rings is 2. The number of carbonyl (C=O) groups excluding carboxylic acids is 1. The third-order valence-corrected chi connectivity index (χ3v) is 4.96. The number of para-hydroxylation sites is 3. The van der Waals surface area contributed by atoms with Crippen molar-refractivity contribution in [1.82, 2.24) is 0 Å². The lowest BCUT2D eigenvalue weighted by atomic mass is 10.2. The molecule has 0 unspecified atom stereocenters. The van der Waals surface area contributed by atoms with Crippen LogP contribution in [0.4, 0.5) is 16.2 Å². The first-order chi connectivity index (χ1) is 11.5. The maximum Gasteiger partial charge on any atom is 0.414 e. The maximum atomic E-state index is 12.7. The van der Waals surface area contributed by atoms with E-state index in [1.165, 1.54) is 18.1 Å². The zero-order chi connectivity index (χ0) is 17.2. The zero-order valence-electron chi connectivity index (χ0n) is 12.9. The molecule has 24 heavy (non-hydrogen) atoms. The van der Waals surface area contributed by atoms with Gasteiger partial charge in [0.2, 0.25) is 0 Å². The Morgan fingerprint density at radius 2 is 1.83 bits per heavy atom. The molecule has 0 bridgehead atoms. The monoisotopic (exact) mass is 348 g/mol. The van der Waals surface area contributed by atoms with Gasteiger partial charge < -0.3 is 9.47 Å². The molecule has 0 atom stereocenters. The molecule has 0 saturated carbocycles. The number of methoxy groups -OCH3 is 1. The van der Waals surface area contributed by atoms with Crippen molar-refractivity contribution in [3.05, 3.63) is 48.5 Å². The Balaban J connectivity index is 1.98. The fourth-order valence-corrected chi connectivity index (χ4v) is 3.69. The van der Waals surface area contributed by atoms with Gasteiger partial charge in [-0.1, -0.05) is 24.3 Å². The molecule has 1 N–H and O–H groups in total. The second kappa shape index (κ2) is 6.40. The molecular weight excluding hydrogens is 332 g/mol. The number of sulfonamides is 1. The number of hydrogen-bond acceptors (Lipinski definition) is 5. The van der Waals surface area contributed by atoms with Crippen molar-refractivity contribution in [3.8, 4) is 5.75 Å². The minimum atomic E-state index is -3.88. The van der Waals surface area contributed by atoms with E-state index < -0.39 is 16.1 Å². The first-order valence-electron chi connectivity index (χ1n) is 7.22. The summed E-state index contributed by atoms with van der Waals surface area (Å²) in [5.74, 6) is 0.239. The molecular formula is C16H16N2O5S. The van der Waals surface area contributed by atoms with Crippen molar-refractivity contribution in [2.45, 2.75) is 4.90 Å². The van der Waals surface area contributed by atoms with Gasteiger partial charge in [0.25, 0.3) is 10.0 Å². The average Bonchev–Trinajstić information content (AvgIpc) is 3.01. The van der Waals surface area contributed by atoms with Crippen molar-refractivity contribution >= 4 is 27.5 Å². The lowest BCUT2D eigenvalue weighted by molar-refractivity contribution is 0.181. The largest absolute Gasteiger partial charge is 0.495 e. The summed E-state index contributed by atoms with van der Waals surface area (Å²) in [6.07, 6.45) is -0.501. The van der Waals surface area contributed by atoms with Crippen molar-refractivity contribution in [1.29, 1.82) is 0 Å². The SMILES string of the molecule is COc1ccccc1S(=O)(=O)Nc1ccccc1N1CCOC1=O. The number of nitrogens with zero attached hydrogens (tertiary/aromatic N) is 1. The van der Waals surface area contributed by atoms with Crippen LogP contribution in [0.1, 0.15) is 0 Å². The highest BCUT2D eigenvalue weighted by molar-refractivity contribution is 7.92. The van der Waals surface area contributed by atoms with E-state index in [9.17, 15) is 13.2 Å². The van der Waals surface area contributed by atoms with E-state index in [0.29, 0.717) is 17.9 Å². The van der Waals surface area contributed by atoms with Crippen LogP contribution in [0.15, 0.2) is 53.4 Å². The van der Waals surface area contributed by atoms with E-state index in [1.807, 2.05) is 0 Å². The fourth-order valence-electron chi connectivity index (χ4n) is 2.45. The average molecular weight is 348 g/mol. The standard InChI is InChI=1S/C16H16N2O5S/c1-22-14-8-4-5-9-15(14)24(20,21)17-12-6-2-3-7-13(12)18-10-11-23-16(18)19/h2-9,17H,10-11H2,1H3. The molecule has 0 aromatic heterocycles. The molecule has 2 aromatic carbocycles. The number of rotatable bonds is 5. The van der Waals surface area contributed by atoms with Crippen LogP contribution >= 0.6 is 0 Å². The summed E-state index contributed by atoms with van der Waals surface area (Å²) in [4.78, 5) is 13.2. The summed E-state index contributed by atoms with van der Waals surface area (Å²) in [7, 11) is -2.47. The van der Waals surface area contributed by atoms with Gasteiger partial charge in [-0.25, -0.2) is 13.2 Å². The van der Waals surface area contributed by atoms with Crippen LogP contribution in [-0.4, -0.2) is 34.8 Å². The van der Waals surface area contributed by atoms with Crippen LogP contribution in [0.3, 0.4) is 0 Å². The summed E-state index contributed by atoms with van der Waals surface area (Å²) >= 11 is 0. The van der Waals surface area contributed by atoms with Gasteiger partial charge in [0.1, 0.15) is 17.3 Å². The molecule has 0 radical (unpaired) electrons. The molecule has 0 spiro atoms. The van der Waals surface area contributed by atoms with Crippen LogP contribution in [0.25, 0.3) is 0 Å². The topological polar surface area (TPSA) is 84.9 Å². The third kappa shape index (κ3) is 3.00. The second-order valence-electron chi connectivity index (χ2n) is 5.04. The van der Waals surface area contributed by atoms with E-state index >= 15 is 0 Å². The smallest absolute Gasteiger partial charge is 0.414 e. The van der Waals surface area contributed by atoms with Gasteiger partial charge in [0, 0.05) is 0 Å². The first kappa shape index (κ1) is 16.1. The highest BCUT2D eigenvalue weighted by atomic mass is 32.2. The van der Waals surface area contributed by atoms with Crippen molar-refractivity contribution in [2.75, 3.05) is 29.9 Å². The van der Waals surface area contributed by atoms with Crippen molar-refractivity contribution in [3.63, 3.8) is 0 Å². The van der Waals surface area contributed by atoms with Gasteiger partial charge in [0.15, 0.2) is 0 Å². The van der Waals surface area contributed by atoms with Gasteiger partial charge in [-0.05, 0) is 24.3 Å². The summed E-state index contributed by atoms with van der Waals surface area (Å²) in [6, 6.07) is 13.0. The number of anilines is 2. The Morgan fingerprint density at radius 3 is 2.54 bits per heavy atom. The number of nitrogens with one attached hydrogen (secondary N) is 1. The van der Waals surface area contributed by atoms with E-state index in [4.69, 9.17) is 9.47 Å². The molecule has 1 fully saturated rings. The van der Waals surface area contributed by atoms with Crippen molar-refractivity contribution < 1.29 is 22.7 Å². The third-order valence-electron chi connectivity index (χ3n) is 3.56. The fraction of sp³-hybridized carbons (Fsp3) is 0.188. The van der Waals surface area contributed by atoms with E-state index in [1.54, 1.807) is 42.5 Å². The Morgan fingerprint density at radius 1 is 1.12 bits per heavy atom. The quantitative estimate of drug-likeness (QED) is 0.897. The Kier molecular flexibility index (Phi) is 4.30.